The van der Waals surface area contributed by atoms with Crippen molar-refractivity contribution in [1.82, 2.24) is 5.32 Å². The molecule has 0 amide bonds. The Hall–Kier alpha value is -2.40. The van der Waals surface area contributed by atoms with E-state index in [1.807, 2.05) is 12.1 Å². The first-order valence-electron chi connectivity index (χ1n) is 9.14. The van der Waals surface area contributed by atoms with Crippen molar-refractivity contribution in [3.8, 4) is 23.0 Å². The van der Waals surface area contributed by atoms with Crippen LogP contribution < -0.4 is 24.3 Å². The second-order valence-corrected chi connectivity index (χ2v) is 7.51. The molecule has 1 unspecified atom stereocenters. The first kappa shape index (κ1) is 19.4. The second kappa shape index (κ2) is 7.69. The molecule has 1 atom stereocenters. The monoisotopic (exact) mass is 371 g/mol. The van der Waals surface area contributed by atoms with E-state index in [-0.39, 0.29) is 11.5 Å². The summed E-state index contributed by atoms with van der Waals surface area (Å²) in [4.78, 5) is 0. The van der Waals surface area contributed by atoms with Crippen molar-refractivity contribution in [1.29, 1.82) is 0 Å². The molecule has 5 nitrogen and oxygen atoms in total. The fourth-order valence-electron chi connectivity index (χ4n) is 3.78. The molecule has 1 aliphatic heterocycles. The Morgan fingerprint density at radius 1 is 0.852 bits per heavy atom. The van der Waals surface area contributed by atoms with Crippen LogP contribution in [0.15, 0.2) is 30.3 Å². The summed E-state index contributed by atoms with van der Waals surface area (Å²) in [6.07, 6.45) is 0.846. The lowest BCUT2D eigenvalue weighted by Crippen LogP contribution is -2.42. The fraction of sp³-hybridized carbons (Fsp3) is 0.455. The highest BCUT2D eigenvalue weighted by Crippen LogP contribution is 2.42. The van der Waals surface area contributed by atoms with E-state index in [0.29, 0.717) is 0 Å². The molecule has 2 aromatic carbocycles. The van der Waals surface area contributed by atoms with Crippen LogP contribution in [0.1, 0.15) is 36.6 Å². The lowest BCUT2D eigenvalue weighted by Gasteiger charge is -2.38. The van der Waals surface area contributed by atoms with Gasteiger partial charge in [-0.2, -0.15) is 0 Å². The zero-order valence-corrected chi connectivity index (χ0v) is 17.0. The van der Waals surface area contributed by atoms with Gasteiger partial charge in [-0.3, -0.25) is 0 Å². The van der Waals surface area contributed by atoms with Gasteiger partial charge in [0.1, 0.15) is 0 Å². The summed E-state index contributed by atoms with van der Waals surface area (Å²) in [5.74, 6) is 3.02. The lowest BCUT2D eigenvalue weighted by molar-refractivity contribution is 0.341. The molecule has 0 radical (unpaired) electrons. The Kier molecular flexibility index (Phi) is 5.51. The molecule has 2 aromatic rings. The van der Waals surface area contributed by atoms with E-state index in [9.17, 15) is 0 Å². The minimum absolute atomic E-state index is 0.0168. The number of nitrogens with one attached hydrogen (secondary N) is 1. The molecule has 1 aliphatic rings. The van der Waals surface area contributed by atoms with Crippen LogP contribution in [-0.2, 0) is 11.8 Å². The minimum Gasteiger partial charge on any atom is -0.493 e. The van der Waals surface area contributed by atoms with Crippen molar-refractivity contribution in [2.75, 3.05) is 35.0 Å². The van der Waals surface area contributed by atoms with Gasteiger partial charge in [-0.25, -0.2) is 0 Å². The molecule has 0 aromatic heterocycles. The second-order valence-electron chi connectivity index (χ2n) is 7.51. The zero-order valence-electron chi connectivity index (χ0n) is 17.0. The normalized spacial score (nSPS) is 17.8. The average molecular weight is 371 g/mol. The fourth-order valence-corrected chi connectivity index (χ4v) is 3.78. The molecule has 146 valence electrons. The van der Waals surface area contributed by atoms with E-state index < -0.39 is 0 Å². The van der Waals surface area contributed by atoms with Crippen LogP contribution in [0.2, 0.25) is 0 Å². The van der Waals surface area contributed by atoms with E-state index in [0.717, 1.165) is 36.0 Å². The number of ether oxygens (including phenoxy) is 4. The summed E-state index contributed by atoms with van der Waals surface area (Å²) >= 11 is 0. The Morgan fingerprint density at radius 2 is 1.44 bits per heavy atom. The Balaban J connectivity index is 1.99. The molecule has 1 heterocycles. The van der Waals surface area contributed by atoms with Gasteiger partial charge in [-0.05, 0) is 47.4 Å². The first-order chi connectivity index (χ1) is 12.9. The number of fused-ring (bicyclic) bond motifs is 1. The van der Waals surface area contributed by atoms with Gasteiger partial charge in [0.25, 0.3) is 0 Å². The van der Waals surface area contributed by atoms with Crippen LogP contribution in [0.4, 0.5) is 0 Å². The molecule has 0 saturated heterocycles. The predicted molar refractivity (Wildman–Crippen MR) is 107 cm³/mol. The third-order valence-electron chi connectivity index (χ3n) is 5.34. The van der Waals surface area contributed by atoms with E-state index in [1.54, 1.807) is 28.4 Å². The summed E-state index contributed by atoms with van der Waals surface area (Å²) in [6, 6.07) is 10.5. The van der Waals surface area contributed by atoms with Gasteiger partial charge in [0.05, 0.1) is 28.4 Å². The summed E-state index contributed by atoms with van der Waals surface area (Å²) < 4.78 is 21.9. The average Bonchev–Trinajstić information content (AvgIpc) is 2.69. The van der Waals surface area contributed by atoms with Gasteiger partial charge in [-0.15, -0.1) is 0 Å². The molecule has 3 rings (SSSR count). The molecule has 5 heteroatoms. The van der Waals surface area contributed by atoms with Gasteiger partial charge in [0.15, 0.2) is 23.0 Å². The van der Waals surface area contributed by atoms with Crippen molar-refractivity contribution in [2.24, 2.45) is 0 Å². The van der Waals surface area contributed by atoms with E-state index in [4.69, 9.17) is 18.9 Å². The molecule has 0 bridgehead atoms. The van der Waals surface area contributed by atoms with Gasteiger partial charge < -0.3 is 24.3 Å². The topological polar surface area (TPSA) is 49.0 Å². The molecule has 0 aliphatic carbocycles. The number of hydrogen-bond acceptors (Lipinski definition) is 5. The maximum absolute atomic E-state index is 5.55. The Morgan fingerprint density at radius 3 is 2.07 bits per heavy atom. The largest absolute Gasteiger partial charge is 0.493 e. The van der Waals surface area contributed by atoms with Gasteiger partial charge in [-0.1, -0.05) is 19.9 Å². The first-order valence-corrected chi connectivity index (χ1v) is 9.14. The molecule has 0 saturated carbocycles. The molecule has 1 N–H and O–H groups in total. The summed E-state index contributed by atoms with van der Waals surface area (Å²) in [6.45, 7) is 5.39. The number of rotatable bonds is 6. The Labute approximate surface area is 161 Å². The maximum atomic E-state index is 5.55. The smallest absolute Gasteiger partial charge is 0.161 e. The molecular formula is C22H29NO4. The number of benzene rings is 2. The van der Waals surface area contributed by atoms with Crippen LogP contribution in [-0.4, -0.2) is 35.0 Å². The quantitative estimate of drug-likeness (QED) is 0.835. The third-order valence-corrected chi connectivity index (χ3v) is 5.34. The standard InChI is InChI=1S/C22H29NO4/c1-22(2)13-23-17(9-14-7-8-18(24-3)19(10-14)25-4)15-11-20(26-5)21(27-6)12-16(15)22/h7-8,10-12,17,23H,9,13H2,1-6H3. The van der Waals surface area contributed by atoms with Crippen LogP contribution in [0.3, 0.4) is 0 Å². The number of hydrogen-bond donors (Lipinski definition) is 1. The minimum atomic E-state index is 0.0168. The van der Waals surface area contributed by atoms with E-state index in [2.05, 4.69) is 37.4 Å². The maximum Gasteiger partial charge on any atom is 0.161 e. The predicted octanol–water partition coefficient (Wildman–Crippen LogP) is 3.89. The van der Waals surface area contributed by atoms with Crippen molar-refractivity contribution < 1.29 is 18.9 Å². The van der Waals surface area contributed by atoms with Crippen molar-refractivity contribution >= 4 is 0 Å². The highest BCUT2D eigenvalue weighted by atomic mass is 16.5. The lowest BCUT2D eigenvalue weighted by atomic mass is 9.75. The summed E-state index contributed by atoms with van der Waals surface area (Å²) in [5, 5.41) is 3.70. The van der Waals surface area contributed by atoms with E-state index >= 15 is 0 Å². The van der Waals surface area contributed by atoms with Crippen molar-refractivity contribution in [2.45, 2.75) is 31.7 Å². The van der Waals surface area contributed by atoms with Crippen molar-refractivity contribution in [3.05, 3.63) is 47.0 Å². The number of methoxy groups -OCH3 is 4. The van der Waals surface area contributed by atoms with Gasteiger partial charge >= 0.3 is 0 Å². The highest BCUT2D eigenvalue weighted by Gasteiger charge is 2.34. The van der Waals surface area contributed by atoms with Crippen LogP contribution in [0.5, 0.6) is 23.0 Å². The third kappa shape index (κ3) is 3.69. The molecule has 27 heavy (non-hydrogen) atoms. The highest BCUT2D eigenvalue weighted by molar-refractivity contribution is 5.52. The van der Waals surface area contributed by atoms with Crippen LogP contribution in [0.25, 0.3) is 0 Å². The van der Waals surface area contributed by atoms with Crippen LogP contribution in [0, 0.1) is 0 Å². The van der Waals surface area contributed by atoms with Gasteiger partial charge in [0.2, 0.25) is 0 Å². The summed E-state index contributed by atoms with van der Waals surface area (Å²) in [7, 11) is 6.67. The molecule has 0 fully saturated rings. The SMILES string of the molecule is COc1ccc(CC2NCC(C)(C)c3cc(OC)c(OC)cc32)cc1OC. The molecular weight excluding hydrogens is 342 g/mol. The molecule has 0 spiro atoms. The zero-order chi connectivity index (χ0) is 19.6. The van der Waals surface area contributed by atoms with Crippen LogP contribution >= 0.6 is 0 Å². The van der Waals surface area contributed by atoms with Crippen molar-refractivity contribution in [3.63, 3.8) is 0 Å². The summed E-state index contributed by atoms with van der Waals surface area (Å²) in [5.41, 5.74) is 3.75. The van der Waals surface area contributed by atoms with E-state index in [1.165, 1.54) is 16.7 Å². The Bertz CT molecular complexity index is 816. The van der Waals surface area contributed by atoms with Gasteiger partial charge in [0, 0.05) is 18.0 Å².